The first-order valence-electron chi connectivity index (χ1n) is 10.6. The fraction of sp³-hybridized carbons (Fsp3) is 0.650. The van der Waals surface area contributed by atoms with Gasteiger partial charge in [0, 0.05) is 18.3 Å². The Hall–Kier alpha value is -2.64. The van der Waals surface area contributed by atoms with Crippen LogP contribution in [0.5, 0.6) is 0 Å². The molecule has 33 heavy (non-hydrogen) atoms. The van der Waals surface area contributed by atoms with Gasteiger partial charge in [0.2, 0.25) is 17.7 Å². The molecule has 0 radical (unpaired) electrons. The highest BCUT2D eigenvalue weighted by atomic mass is 32.2. The molecule has 4 atom stereocenters. The second-order valence-electron chi connectivity index (χ2n) is 8.00. The number of carbonyl (C=O) groups excluding carboxylic acids is 3. The fourth-order valence-corrected chi connectivity index (χ4v) is 3.42. The third-order valence-electron chi connectivity index (χ3n) is 4.71. The summed E-state index contributed by atoms with van der Waals surface area (Å²) in [6.07, 6.45) is 5.27. The Labute approximate surface area is 196 Å². The Kier molecular flexibility index (Phi) is 12.5. The fourth-order valence-electron chi connectivity index (χ4n) is 2.95. The zero-order valence-corrected chi connectivity index (χ0v) is 19.9. The first-order valence-corrected chi connectivity index (χ1v) is 11.9. The molecule has 0 aliphatic carbocycles. The smallest absolute Gasteiger partial charge is 0.326 e. The predicted octanol–water partition coefficient (Wildman–Crippen LogP) is -1.39. The molecule has 0 saturated carbocycles. The van der Waals surface area contributed by atoms with E-state index in [-0.39, 0.29) is 18.8 Å². The number of nitrogens with one attached hydrogen (secondary N) is 4. The number of nitrogens with zero attached hydrogens (tertiary/aromatic N) is 1. The van der Waals surface area contributed by atoms with Gasteiger partial charge in [0.1, 0.15) is 18.1 Å². The predicted molar refractivity (Wildman–Crippen MR) is 123 cm³/mol. The van der Waals surface area contributed by atoms with E-state index in [1.54, 1.807) is 0 Å². The molecule has 0 aliphatic rings. The summed E-state index contributed by atoms with van der Waals surface area (Å²) >= 11 is 1.44. The van der Waals surface area contributed by atoms with Crippen molar-refractivity contribution in [3.8, 4) is 0 Å². The average Bonchev–Trinajstić information content (AvgIpc) is 3.26. The van der Waals surface area contributed by atoms with E-state index in [0.29, 0.717) is 17.9 Å². The lowest BCUT2D eigenvalue weighted by molar-refractivity contribution is -0.142. The van der Waals surface area contributed by atoms with E-state index in [0.717, 1.165) is 0 Å². The Morgan fingerprint density at radius 2 is 1.70 bits per heavy atom. The van der Waals surface area contributed by atoms with Crippen LogP contribution >= 0.6 is 11.8 Å². The zero-order valence-electron chi connectivity index (χ0n) is 19.0. The molecular weight excluding hydrogens is 452 g/mol. The number of thioether (sulfide) groups is 1. The molecule has 3 amide bonds. The van der Waals surface area contributed by atoms with Crippen molar-refractivity contribution >= 4 is 35.5 Å². The lowest BCUT2D eigenvalue weighted by Gasteiger charge is -2.24. The van der Waals surface area contributed by atoms with Crippen molar-refractivity contribution in [2.24, 2.45) is 11.7 Å². The minimum atomic E-state index is -1.31. The van der Waals surface area contributed by atoms with Gasteiger partial charge in [0.15, 0.2) is 0 Å². The van der Waals surface area contributed by atoms with Crippen LogP contribution in [0.3, 0.4) is 0 Å². The van der Waals surface area contributed by atoms with E-state index in [1.807, 2.05) is 20.1 Å². The Bertz CT molecular complexity index is 775. The summed E-state index contributed by atoms with van der Waals surface area (Å²) in [7, 11) is 0. The minimum Gasteiger partial charge on any atom is -0.480 e. The highest BCUT2D eigenvalue weighted by Crippen LogP contribution is 2.06. The monoisotopic (exact) mass is 486 g/mol. The van der Waals surface area contributed by atoms with Gasteiger partial charge >= 0.3 is 5.97 Å². The SMILES string of the molecule is CSCCC(NC(=O)C(CO)NC(=O)C(N)CC(C)C)C(=O)NC(Cc1cnc[nH]1)C(=O)O. The van der Waals surface area contributed by atoms with Gasteiger partial charge in [-0.3, -0.25) is 14.4 Å². The number of hydrogen-bond acceptors (Lipinski definition) is 8. The number of H-pyrrole nitrogens is 1. The van der Waals surface area contributed by atoms with Crippen molar-refractivity contribution in [1.29, 1.82) is 0 Å². The molecule has 1 aromatic heterocycles. The van der Waals surface area contributed by atoms with Gasteiger partial charge in [-0.1, -0.05) is 13.8 Å². The molecule has 1 aromatic rings. The normalized spacial score (nSPS) is 14.7. The van der Waals surface area contributed by atoms with Gasteiger partial charge < -0.3 is 36.9 Å². The minimum absolute atomic E-state index is 0.0205. The van der Waals surface area contributed by atoms with Gasteiger partial charge in [0.05, 0.1) is 19.0 Å². The second kappa shape index (κ2) is 14.5. The topological polar surface area (TPSA) is 200 Å². The summed E-state index contributed by atoms with van der Waals surface area (Å²) in [6.45, 7) is 3.10. The number of rotatable bonds is 15. The Morgan fingerprint density at radius 1 is 1.09 bits per heavy atom. The highest BCUT2D eigenvalue weighted by Gasteiger charge is 2.30. The maximum absolute atomic E-state index is 12.8. The molecule has 0 bridgehead atoms. The van der Waals surface area contributed by atoms with Crippen molar-refractivity contribution in [3.63, 3.8) is 0 Å². The van der Waals surface area contributed by atoms with Crippen LogP contribution in [0, 0.1) is 5.92 Å². The molecular formula is C20H34N6O6S. The van der Waals surface area contributed by atoms with E-state index in [1.165, 1.54) is 24.3 Å². The van der Waals surface area contributed by atoms with E-state index < -0.39 is 54.5 Å². The Balaban J connectivity index is 2.83. The summed E-state index contributed by atoms with van der Waals surface area (Å²) in [5, 5.41) is 26.4. The summed E-state index contributed by atoms with van der Waals surface area (Å²) < 4.78 is 0. The van der Waals surface area contributed by atoms with Gasteiger partial charge in [-0.25, -0.2) is 9.78 Å². The Morgan fingerprint density at radius 3 is 2.21 bits per heavy atom. The number of nitrogens with two attached hydrogens (primary N) is 1. The summed E-state index contributed by atoms with van der Waals surface area (Å²) in [5.74, 6) is -2.63. The molecule has 186 valence electrons. The van der Waals surface area contributed by atoms with Crippen LogP contribution in [0.15, 0.2) is 12.5 Å². The van der Waals surface area contributed by atoms with Crippen LogP contribution in [-0.4, -0.2) is 86.7 Å². The van der Waals surface area contributed by atoms with Crippen LogP contribution in [0.1, 0.15) is 32.4 Å². The van der Waals surface area contributed by atoms with E-state index in [9.17, 15) is 29.4 Å². The zero-order chi connectivity index (χ0) is 25.0. The van der Waals surface area contributed by atoms with Gasteiger partial charge in [0.25, 0.3) is 0 Å². The summed E-state index contributed by atoms with van der Waals surface area (Å²) in [5.41, 5.74) is 6.34. The molecule has 4 unspecified atom stereocenters. The molecule has 13 heteroatoms. The van der Waals surface area contributed by atoms with Gasteiger partial charge in [-0.2, -0.15) is 11.8 Å². The van der Waals surface area contributed by atoms with Crippen LogP contribution in [-0.2, 0) is 25.6 Å². The maximum atomic E-state index is 12.8. The number of carbonyl (C=O) groups is 4. The van der Waals surface area contributed by atoms with E-state index >= 15 is 0 Å². The number of aliphatic hydroxyl groups is 1. The number of amides is 3. The largest absolute Gasteiger partial charge is 0.480 e. The summed E-state index contributed by atoms with van der Waals surface area (Å²) in [6, 6.07) is -4.46. The molecule has 8 N–H and O–H groups in total. The molecule has 0 fully saturated rings. The van der Waals surface area contributed by atoms with E-state index in [2.05, 4.69) is 25.9 Å². The van der Waals surface area contributed by atoms with Crippen molar-refractivity contribution in [3.05, 3.63) is 18.2 Å². The third kappa shape index (κ3) is 10.2. The van der Waals surface area contributed by atoms with Crippen molar-refractivity contribution in [2.75, 3.05) is 18.6 Å². The number of aliphatic carboxylic acids is 1. The number of hydrogen-bond donors (Lipinski definition) is 7. The lowest BCUT2D eigenvalue weighted by atomic mass is 10.0. The van der Waals surface area contributed by atoms with Gasteiger partial charge in [-0.05, 0) is 30.8 Å². The van der Waals surface area contributed by atoms with Gasteiger partial charge in [-0.15, -0.1) is 0 Å². The maximum Gasteiger partial charge on any atom is 0.326 e. The number of carboxylic acids is 1. The summed E-state index contributed by atoms with van der Waals surface area (Å²) in [4.78, 5) is 55.9. The second-order valence-corrected chi connectivity index (χ2v) is 8.99. The molecule has 1 rings (SSSR count). The number of imidazole rings is 1. The molecule has 1 heterocycles. The first-order chi connectivity index (χ1) is 15.6. The number of carboxylic acid groups (broad SMARTS) is 1. The quantitative estimate of drug-likeness (QED) is 0.156. The molecule has 0 aliphatic heterocycles. The standard InChI is InChI=1S/C20H34N6O6S/c1-11(2)6-13(21)17(28)26-16(9-27)19(30)24-14(4-5-33-3)18(29)25-15(20(31)32)7-12-8-22-10-23-12/h8,10-11,13-16,27H,4-7,9,21H2,1-3H3,(H,22,23)(H,24,30)(H,25,29)(H,26,28)(H,31,32). The first kappa shape index (κ1) is 28.4. The number of aromatic amines is 1. The van der Waals surface area contributed by atoms with Crippen LogP contribution in [0.4, 0.5) is 0 Å². The highest BCUT2D eigenvalue weighted by molar-refractivity contribution is 7.98. The molecule has 12 nitrogen and oxygen atoms in total. The molecule has 0 saturated heterocycles. The van der Waals surface area contributed by atoms with E-state index in [4.69, 9.17) is 5.73 Å². The number of aliphatic hydroxyl groups excluding tert-OH is 1. The molecule has 0 spiro atoms. The average molecular weight is 487 g/mol. The third-order valence-corrected chi connectivity index (χ3v) is 5.36. The molecule has 0 aromatic carbocycles. The van der Waals surface area contributed by atoms with Crippen molar-refractivity contribution in [1.82, 2.24) is 25.9 Å². The van der Waals surface area contributed by atoms with Crippen molar-refractivity contribution < 1.29 is 29.4 Å². The lowest BCUT2D eigenvalue weighted by Crippen LogP contribution is -2.58. The van der Waals surface area contributed by atoms with Crippen molar-refractivity contribution in [2.45, 2.75) is 57.3 Å². The van der Waals surface area contributed by atoms with Crippen LogP contribution < -0.4 is 21.7 Å². The van der Waals surface area contributed by atoms with Crippen LogP contribution in [0.25, 0.3) is 0 Å². The number of aromatic nitrogens is 2. The van der Waals surface area contributed by atoms with Crippen LogP contribution in [0.2, 0.25) is 0 Å².